The Hall–Kier alpha value is 0.482. The molecule has 0 amide bonds. The first-order valence-electron chi connectivity index (χ1n) is 4.24. The molecule has 3 nitrogen and oxygen atoms in total. The number of nitrogens with zero attached hydrogens (tertiary/aromatic N) is 1. The summed E-state index contributed by atoms with van der Waals surface area (Å²) in [5.41, 5.74) is 0.896. The minimum absolute atomic E-state index is 0.0169. The normalized spacial score (nSPS) is 11.2. The fourth-order valence-electron chi connectivity index (χ4n) is 1.43. The zero-order chi connectivity index (χ0) is 10.1. The quantitative estimate of drug-likeness (QED) is 0.418. The summed E-state index contributed by atoms with van der Waals surface area (Å²) in [5, 5.41) is 1.98. The average Bonchev–Trinajstić information content (AvgIpc) is 2.62. The number of halogens is 2. The van der Waals surface area contributed by atoms with Crippen LogP contribution in [-0.2, 0) is 5.41 Å². The molecule has 14 heavy (non-hydrogen) atoms. The average molecular weight is 429 g/mol. The van der Waals surface area contributed by atoms with Gasteiger partial charge < -0.3 is 0 Å². The van der Waals surface area contributed by atoms with Crippen LogP contribution in [0.25, 0.3) is 10.9 Å². The molecular formula is C8H8AlI2N2O-. The van der Waals surface area contributed by atoms with Gasteiger partial charge >= 0.3 is 110 Å². The van der Waals surface area contributed by atoms with Crippen molar-refractivity contribution in [1.29, 1.82) is 0 Å². The summed E-state index contributed by atoms with van der Waals surface area (Å²) >= 11 is 3.45. The molecular weight excluding hydrogens is 421 g/mol. The van der Waals surface area contributed by atoms with Gasteiger partial charge in [-0.25, -0.2) is 0 Å². The predicted octanol–water partition coefficient (Wildman–Crippen LogP) is -2.47. The van der Waals surface area contributed by atoms with E-state index in [2.05, 4.69) is 29.7 Å². The molecule has 0 aliphatic carbocycles. The second kappa shape index (κ2) is 4.55. The number of aromatic amines is 1. The summed E-state index contributed by atoms with van der Waals surface area (Å²) in [6.45, 7) is 0. The van der Waals surface area contributed by atoms with Gasteiger partial charge in [-0.2, -0.15) is 0 Å². The van der Waals surface area contributed by atoms with Crippen LogP contribution >= 0.6 is 18.6 Å². The summed E-state index contributed by atoms with van der Waals surface area (Å²) in [7, 11) is 0. The van der Waals surface area contributed by atoms with Crippen LogP contribution in [0.5, 0.6) is 0 Å². The molecule has 0 bridgehead atoms. The number of H-pyrrole nitrogens is 1. The van der Waals surface area contributed by atoms with Crippen molar-refractivity contribution < 1.29 is 17.2 Å². The SMILES string of the molecule is O=c1c2[nH]cc([I-]I)c2ccn1[CH2][AlH2]. The van der Waals surface area contributed by atoms with Crippen molar-refractivity contribution in [3.8, 4) is 0 Å². The van der Waals surface area contributed by atoms with Crippen LogP contribution in [0.1, 0.15) is 0 Å². The third-order valence-electron chi connectivity index (χ3n) is 2.18. The van der Waals surface area contributed by atoms with Crippen LogP contribution in [0.3, 0.4) is 0 Å². The molecule has 0 aliphatic heterocycles. The minimum atomic E-state index is 0.0169. The zero-order valence-corrected chi connectivity index (χ0v) is 13.9. The number of nitrogens with one attached hydrogen (secondary N) is 1. The maximum atomic E-state index is 11.9. The standard InChI is InChI=1S/C8H6I2N2O.Al.2H/c1-12-3-2-5-6(10-9)4-11-7(5)8(12)13;;;/h2-4,11H,1H2;;;/q-1;;;. The Morgan fingerprint density at radius 3 is 3.07 bits per heavy atom. The fraction of sp³-hybridized carbons (Fsp3) is 0.125. The van der Waals surface area contributed by atoms with Crippen molar-refractivity contribution in [2.24, 2.45) is 0 Å². The number of aromatic nitrogens is 2. The van der Waals surface area contributed by atoms with Crippen LogP contribution in [0.2, 0.25) is 0 Å². The van der Waals surface area contributed by atoms with E-state index in [1.165, 1.54) is 3.57 Å². The van der Waals surface area contributed by atoms with Crippen LogP contribution in [0.4, 0.5) is 0 Å². The van der Waals surface area contributed by atoms with Gasteiger partial charge in [0.15, 0.2) is 0 Å². The van der Waals surface area contributed by atoms with E-state index in [1.54, 1.807) is 4.57 Å². The van der Waals surface area contributed by atoms with E-state index in [1.807, 2.05) is 12.4 Å². The number of fused-ring (bicyclic) bond motifs is 1. The van der Waals surface area contributed by atoms with E-state index in [-0.39, 0.29) is 22.8 Å². The molecule has 6 heteroatoms. The molecule has 0 fully saturated rings. The van der Waals surface area contributed by atoms with E-state index in [0.717, 1.165) is 32.6 Å². The van der Waals surface area contributed by atoms with Crippen molar-refractivity contribution in [3.63, 3.8) is 0 Å². The van der Waals surface area contributed by atoms with Gasteiger partial charge in [0.05, 0.1) is 0 Å². The van der Waals surface area contributed by atoms with Crippen LogP contribution in [0.15, 0.2) is 23.3 Å². The van der Waals surface area contributed by atoms with Crippen molar-refractivity contribution in [2.75, 3.05) is 0 Å². The predicted molar refractivity (Wildman–Crippen MR) is 63.8 cm³/mol. The summed E-state index contributed by atoms with van der Waals surface area (Å²) < 4.78 is 3.09. The zero-order valence-electron chi connectivity index (χ0n) is 7.55. The molecule has 1 N–H and O–H groups in total. The van der Waals surface area contributed by atoms with E-state index in [4.69, 9.17) is 0 Å². The molecule has 0 aliphatic rings. The van der Waals surface area contributed by atoms with Crippen LogP contribution in [0, 0.1) is 3.57 Å². The monoisotopic (exact) mass is 429 g/mol. The van der Waals surface area contributed by atoms with Crippen molar-refractivity contribution in [1.82, 2.24) is 9.55 Å². The van der Waals surface area contributed by atoms with Gasteiger partial charge in [0.25, 0.3) is 0 Å². The summed E-state index contributed by atoms with van der Waals surface area (Å²) in [5.74, 6) is 0. The molecule has 0 atom stereocenters. The molecule has 74 valence electrons. The number of pyridine rings is 1. The van der Waals surface area contributed by atoms with Gasteiger partial charge in [-0.15, -0.1) is 0 Å². The maximum absolute atomic E-state index is 11.9. The second-order valence-corrected chi connectivity index (χ2v) is 7.84. The number of hydrogen-bond acceptors (Lipinski definition) is 1. The number of rotatable bonds is 2. The molecule has 2 rings (SSSR count). The molecule has 0 radical (unpaired) electrons. The molecule has 2 aromatic rings. The van der Waals surface area contributed by atoms with E-state index in [0.29, 0.717) is 0 Å². The Morgan fingerprint density at radius 2 is 2.43 bits per heavy atom. The third kappa shape index (κ3) is 1.77. The number of hydrogen-bond donors (Lipinski definition) is 1. The van der Waals surface area contributed by atoms with Crippen molar-refractivity contribution >= 4 is 45.8 Å². The van der Waals surface area contributed by atoms with E-state index in [9.17, 15) is 4.79 Å². The summed E-state index contributed by atoms with van der Waals surface area (Å²) in [6.07, 6.45) is 3.88. The Balaban J connectivity index is 2.79. The Bertz CT molecular complexity index is 520. The molecule has 0 saturated carbocycles. The fourth-order valence-corrected chi connectivity index (χ4v) is 5.14. The van der Waals surface area contributed by atoms with Crippen LogP contribution in [-0.4, -0.2) is 25.8 Å². The molecule has 2 heterocycles. The van der Waals surface area contributed by atoms with Gasteiger partial charge in [-0.1, -0.05) is 0 Å². The molecule has 0 unspecified atom stereocenters. The Kier molecular flexibility index (Phi) is 3.57. The first-order chi connectivity index (χ1) is 6.77. The first kappa shape index (κ1) is 11.0. The van der Waals surface area contributed by atoms with E-state index < -0.39 is 0 Å². The summed E-state index contributed by atoms with van der Waals surface area (Å²) in [4.78, 5) is 14.9. The van der Waals surface area contributed by atoms with Crippen molar-refractivity contribution in [3.05, 3.63) is 32.4 Å². The molecule has 0 aromatic carbocycles. The topological polar surface area (TPSA) is 37.8 Å². The van der Waals surface area contributed by atoms with Crippen LogP contribution < -0.4 is 22.8 Å². The molecule has 2 aromatic heterocycles. The van der Waals surface area contributed by atoms with Gasteiger partial charge in [-0.3, -0.25) is 0 Å². The molecule has 0 spiro atoms. The van der Waals surface area contributed by atoms with Gasteiger partial charge in [-0.05, 0) is 0 Å². The molecule has 0 saturated heterocycles. The summed E-state index contributed by atoms with van der Waals surface area (Å²) in [6, 6.07) is 2.05. The second-order valence-electron chi connectivity index (χ2n) is 2.90. The van der Waals surface area contributed by atoms with Gasteiger partial charge in [0, 0.05) is 0 Å². The Labute approximate surface area is 109 Å². The third-order valence-corrected chi connectivity index (χ3v) is 7.14. The van der Waals surface area contributed by atoms with Gasteiger partial charge in [0.2, 0.25) is 0 Å². The Morgan fingerprint density at radius 1 is 1.64 bits per heavy atom. The van der Waals surface area contributed by atoms with Gasteiger partial charge in [0.1, 0.15) is 0 Å². The first-order valence-corrected chi connectivity index (χ1v) is 13.0. The van der Waals surface area contributed by atoms with Crippen molar-refractivity contribution in [2.45, 2.75) is 5.41 Å². The van der Waals surface area contributed by atoms with E-state index >= 15 is 0 Å².